The van der Waals surface area contributed by atoms with Crippen LogP contribution in [0.2, 0.25) is 0 Å². The molecule has 0 unspecified atom stereocenters. The zero-order chi connectivity index (χ0) is 19.3. The molecule has 3 aromatic heterocycles. The Bertz CT molecular complexity index is 1120. The first-order valence-electron chi connectivity index (χ1n) is 8.41. The Balaban J connectivity index is 1.54. The normalized spacial score (nSPS) is 10.5. The van der Waals surface area contributed by atoms with E-state index in [0.717, 1.165) is 5.39 Å². The number of anilines is 1. The summed E-state index contributed by atoms with van der Waals surface area (Å²) in [7, 11) is 1.48. The number of rotatable bonds is 5. The molecule has 0 saturated carbocycles. The Kier molecular flexibility index (Phi) is 4.75. The van der Waals surface area contributed by atoms with Crippen molar-refractivity contribution in [3.05, 3.63) is 72.4 Å². The molecule has 0 fully saturated rings. The molecule has 0 aliphatic rings. The van der Waals surface area contributed by atoms with Crippen LogP contribution in [0.5, 0.6) is 17.5 Å². The second kappa shape index (κ2) is 7.67. The van der Waals surface area contributed by atoms with Gasteiger partial charge in [0.2, 0.25) is 11.8 Å². The Labute approximate surface area is 160 Å². The Hall–Kier alpha value is -4.07. The molecular formula is C20H15N5O3. The second-order valence-corrected chi connectivity index (χ2v) is 5.72. The van der Waals surface area contributed by atoms with Crippen molar-refractivity contribution in [1.29, 1.82) is 0 Å². The number of carbonyl (C=O) groups is 1. The first-order valence-corrected chi connectivity index (χ1v) is 8.41. The van der Waals surface area contributed by atoms with Gasteiger partial charge < -0.3 is 14.8 Å². The van der Waals surface area contributed by atoms with Gasteiger partial charge in [0.25, 0.3) is 5.91 Å². The van der Waals surface area contributed by atoms with E-state index < -0.39 is 5.91 Å². The van der Waals surface area contributed by atoms with E-state index in [9.17, 15) is 4.79 Å². The van der Waals surface area contributed by atoms with E-state index in [1.165, 1.54) is 13.2 Å². The number of pyridine rings is 2. The third-order valence-corrected chi connectivity index (χ3v) is 3.82. The van der Waals surface area contributed by atoms with Crippen LogP contribution < -0.4 is 14.8 Å². The maximum atomic E-state index is 12.3. The summed E-state index contributed by atoms with van der Waals surface area (Å²) in [6.45, 7) is 0. The summed E-state index contributed by atoms with van der Waals surface area (Å²) < 4.78 is 10.7. The fourth-order valence-corrected chi connectivity index (χ4v) is 2.45. The topological polar surface area (TPSA) is 99.1 Å². The highest BCUT2D eigenvalue weighted by molar-refractivity contribution is 6.02. The van der Waals surface area contributed by atoms with Crippen LogP contribution in [0.15, 0.2) is 66.7 Å². The summed E-state index contributed by atoms with van der Waals surface area (Å²) in [6.07, 6.45) is 0. The smallest absolute Gasteiger partial charge is 0.277 e. The summed E-state index contributed by atoms with van der Waals surface area (Å²) in [4.78, 5) is 21.1. The van der Waals surface area contributed by atoms with E-state index in [1.54, 1.807) is 18.2 Å². The molecule has 0 aliphatic heterocycles. The lowest BCUT2D eigenvalue weighted by Crippen LogP contribution is -2.15. The number of aromatic nitrogens is 4. The second-order valence-electron chi connectivity index (χ2n) is 5.72. The number of nitrogens with zero attached hydrogens (tertiary/aromatic N) is 4. The van der Waals surface area contributed by atoms with Gasteiger partial charge in [-0.15, -0.1) is 10.2 Å². The molecule has 3 heterocycles. The van der Waals surface area contributed by atoms with Crippen molar-refractivity contribution in [2.24, 2.45) is 0 Å². The standard InChI is InChI=1S/C20H15N5O3/c1-27-18-12-9-15(24-25-18)20(26)22-16-10-7-13-8-11-17(23-19(13)21-16)28-14-5-3-2-4-6-14/h2-12H,1H3,(H,21,22,23,26). The summed E-state index contributed by atoms with van der Waals surface area (Å²) >= 11 is 0. The van der Waals surface area contributed by atoms with Gasteiger partial charge in [0.1, 0.15) is 11.6 Å². The average Bonchev–Trinajstić information content (AvgIpc) is 2.74. The zero-order valence-corrected chi connectivity index (χ0v) is 14.9. The maximum absolute atomic E-state index is 12.3. The van der Waals surface area contributed by atoms with E-state index >= 15 is 0 Å². The monoisotopic (exact) mass is 373 g/mol. The van der Waals surface area contributed by atoms with E-state index in [4.69, 9.17) is 9.47 Å². The van der Waals surface area contributed by atoms with Crippen molar-refractivity contribution in [3.8, 4) is 17.5 Å². The molecule has 1 N–H and O–H groups in total. The van der Waals surface area contributed by atoms with E-state index in [0.29, 0.717) is 29.0 Å². The van der Waals surface area contributed by atoms with Gasteiger partial charge >= 0.3 is 0 Å². The quantitative estimate of drug-likeness (QED) is 0.572. The van der Waals surface area contributed by atoms with Crippen molar-refractivity contribution < 1.29 is 14.3 Å². The van der Waals surface area contributed by atoms with Crippen molar-refractivity contribution >= 4 is 22.8 Å². The van der Waals surface area contributed by atoms with Crippen molar-refractivity contribution in [1.82, 2.24) is 20.2 Å². The number of ether oxygens (including phenoxy) is 2. The molecule has 8 nitrogen and oxygen atoms in total. The lowest BCUT2D eigenvalue weighted by atomic mass is 10.3. The molecule has 4 aromatic rings. The molecule has 1 aromatic carbocycles. The van der Waals surface area contributed by atoms with E-state index in [1.807, 2.05) is 42.5 Å². The number of fused-ring (bicyclic) bond motifs is 1. The lowest BCUT2D eigenvalue weighted by molar-refractivity contribution is 0.102. The van der Waals surface area contributed by atoms with Gasteiger partial charge in [-0.25, -0.2) is 4.98 Å². The van der Waals surface area contributed by atoms with E-state index in [2.05, 4.69) is 25.5 Å². The molecule has 8 heteroatoms. The van der Waals surface area contributed by atoms with Crippen LogP contribution in [0.3, 0.4) is 0 Å². The minimum absolute atomic E-state index is 0.150. The van der Waals surface area contributed by atoms with Gasteiger partial charge in [-0.1, -0.05) is 18.2 Å². The molecule has 0 atom stereocenters. The van der Waals surface area contributed by atoms with Crippen LogP contribution in [-0.2, 0) is 0 Å². The minimum Gasteiger partial charge on any atom is -0.480 e. The third kappa shape index (κ3) is 3.85. The predicted octanol–water partition coefficient (Wildman–Crippen LogP) is 3.47. The minimum atomic E-state index is -0.432. The molecule has 4 rings (SSSR count). The Morgan fingerprint density at radius 2 is 1.64 bits per heavy atom. The number of carbonyl (C=O) groups excluding carboxylic acids is 1. The molecular weight excluding hydrogens is 358 g/mol. The molecule has 0 aliphatic carbocycles. The van der Waals surface area contributed by atoms with Gasteiger partial charge in [-0.05, 0) is 36.4 Å². The number of benzene rings is 1. The first kappa shape index (κ1) is 17.3. The van der Waals surface area contributed by atoms with Gasteiger partial charge in [-0.2, -0.15) is 4.98 Å². The molecule has 138 valence electrons. The molecule has 0 bridgehead atoms. The largest absolute Gasteiger partial charge is 0.480 e. The SMILES string of the molecule is COc1ccc(C(=O)Nc2ccc3ccc(Oc4ccccc4)nc3n2)nn1. The number of para-hydroxylation sites is 1. The first-order chi connectivity index (χ1) is 13.7. The zero-order valence-electron chi connectivity index (χ0n) is 14.9. The van der Waals surface area contributed by atoms with Crippen LogP contribution in [0.1, 0.15) is 10.5 Å². The van der Waals surface area contributed by atoms with Gasteiger partial charge in [0, 0.05) is 17.5 Å². The molecule has 1 amide bonds. The highest BCUT2D eigenvalue weighted by Gasteiger charge is 2.11. The number of nitrogens with one attached hydrogen (secondary N) is 1. The van der Waals surface area contributed by atoms with Crippen LogP contribution in [0.25, 0.3) is 11.0 Å². The maximum Gasteiger partial charge on any atom is 0.277 e. The van der Waals surface area contributed by atoms with Gasteiger partial charge in [0.05, 0.1) is 7.11 Å². The van der Waals surface area contributed by atoms with Crippen LogP contribution in [0.4, 0.5) is 5.82 Å². The van der Waals surface area contributed by atoms with Crippen LogP contribution in [0, 0.1) is 0 Å². The van der Waals surface area contributed by atoms with Crippen LogP contribution in [-0.4, -0.2) is 33.2 Å². The Morgan fingerprint density at radius 1 is 0.857 bits per heavy atom. The molecule has 0 spiro atoms. The fraction of sp³-hybridized carbons (Fsp3) is 0.0500. The summed E-state index contributed by atoms with van der Waals surface area (Å²) in [5, 5.41) is 11.1. The number of methoxy groups -OCH3 is 1. The highest BCUT2D eigenvalue weighted by Crippen LogP contribution is 2.22. The van der Waals surface area contributed by atoms with Gasteiger partial charge in [0.15, 0.2) is 11.3 Å². The van der Waals surface area contributed by atoms with E-state index in [-0.39, 0.29) is 5.69 Å². The van der Waals surface area contributed by atoms with Gasteiger partial charge in [-0.3, -0.25) is 4.79 Å². The fourth-order valence-electron chi connectivity index (χ4n) is 2.45. The summed E-state index contributed by atoms with van der Waals surface area (Å²) in [5.74, 6) is 1.33. The average molecular weight is 373 g/mol. The molecule has 0 saturated heterocycles. The predicted molar refractivity (Wildman–Crippen MR) is 103 cm³/mol. The Morgan fingerprint density at radius 3 is 2.39 bits per heavy atom. The third-order valence-electron chi connectivity index (χ3n) is 3.82. The van der Waals surface area contributed by atoms with Crippen molar-refractivity contribution in [2.75, 3.05) is 12.4 Å². The summed E-state index contributed by atoms with van der Waals surface area (Å²) in [6, 6.07) is 19.6. The number of amides is 1. The molecule has 28 heavy (non-hydrogen) atoms. The lowest BCUT2D eigenvalue weighted by Gasteiger charge is -2.07. The van der Waals surface area contributed by atoms with Crippen LogP contribution >= 0.6 is 0 Å². The number of hydrogen-bond acceptors (Lipinski definition) is 7. The summed E-state index contributed by atoms with van der Waals surface area (Å²) in [5.41, 5.74) is 0.601. The molecule has 0 radical (unpaired) electrons. The highest BCUT2D eigenvalue weighted by atomic mass is 16.5. The number of hydrogen-bond donors (Lipinski definition) is 1. The van der Waals surface area contributed by atoms with Crippen molar-refractivity contribution in [2.45, 2.75) is 0 Å². The van der Waals surface area contributed by atoms with Crippen molar-refractivity contribution in [3.63, 3.8) is 0 Å².